The molecule has 1 aliphatic heterocycles. The normalized spacial score (nSPS) is 22.4. The molecule has 0 bridgehead atoms. The first-order chi connectivity index (χ1) is 21.8. The smallest absolute Gasteiger partial charge is 0.435 e. The van der Waals surface area contributed by atoms with E-state index in [1.165, 1.54) is 18.1 Å². The highest BCUT2D eigenvalue weighted by atomic mass is 35.5. The number of carboxylic acids is 1. The van der Waals surface area contributed by atoms with Crippen LogP contribution in [0.15, 0.2) is 42.6 Å². The molecule has 3 heterocycles. The Labute approximate surface area is 266 Å². The number of rotatable bonds is 7. The molecule has 1 fully saturated rings. The van der Waals surface area contributed by atoms with Gasteiger partial charge in [-0.3, -0.25) is 4.79 Å². The van der Waals surface area contributed by atoms with Gasteiger partial charge >= 0.3 is 18.2 Å². The van der Waals surface area contributed by atoms with Gasteiger partial charge in [-0.25, -0.2) is 19.3 Å². The van der Waals surface area contributed by atoms with Crippen molar-refractivity contribution in [2.75, 3.05) is 27.3 Å². The van der Waals surface area contributed by atoms with Crippen molar-refractivity contribution in [3.63, 3.8) is 0 Å². The predicted octanol–water partition coefficient (Wildman–Crippen LogP) is 4.58. The Kier molecular flexibility index (Phi) is 9.33. The number of aromatic nitrogens is 3. The molecule has 1 aliphatic carbocycles. The van der Waals surface area contributed by atoms with Crippen molar-refractivity contribution in [3.05, 3.63) is 53.3 Å². The number of allylic oxidation sites excluding steroid dienone is 1. The van der Waals surface area contributed by atoms with Crippen molar-refractivity contribution in [1.29, 1.82) is 0 Å². The first-order valence-electron chi connectivity index (χ1n) is 14.5. The number of nitrogens with zero attached hydrogens (tertiary/aromatic N) is 4. The van der Waals surface area contributed by atoms with Crippen LogP contribution in [0.4, 0.5) is 18.0 Å². The van der Waals surface area contributed by atoms with E-state index in [-0.39, 0.29) is 53.2 Å². The Hall–Kier alpha value is -4.53. The maximum absolute atomic E-state index is 13.4. The number of hydrogen-bond donors (Lipinski definition) is 3. The van der Waals surface area contributed by atoms with Crippen LogP contribution in [0.25, 0.3) is 16.7 Å². The second kappa shape index (κ2) is 13.1. The van der Waals surface area contributed by atoms with Gasteiger partial charge in [-0.2, -0.15) is 18.3 Å². The molecule has 12 nitrogen and oxygen atoms in total. The summed E-state index contributed by atoms with van der Waals surface area (Å²) in [5.41, 5.74) is -2.43. The summed E-state index contributed by atoms with van der Waals surface area (Å²) in [7, 11) is 3.00. The van der Waals surface area contributed by atoms with E-state index in [0.717, 1.165) is 29.8 Å². The van der Waals surface area contributed by atoms with Gasteiger partial charge < -0.3 is 30.1 Å². The third kappa shape index (κ3) is 6.83. The molecule has 246 valence electrons. The second-order valence-corrected chi connectivity index (χ2v) is 11.5. The molecular weight excluding hydrogens is 633 g/mol. The number of methoxy groups -OCH3 is 1. The molecule has 1 aromatic carbocycles. The molecule has 16 heteroatoms. The zero-order valence-electron chi connectivity index (χ0n) is 24.9. The molecular formula is C30H32ClF3N6O6. The summed E-state index contributed by atoms with van der Waals surface area (Å²) in [5, 5.41) is 19.3. The van der Waals surface area contributed by atoms with Gasteiger partial charge in [0.1, 0.15) is 28.1 Å². The van der Waals surface area contributed by atoms with Crippen LogP contribution in [0, 0.1) is 5.92 Å². The van der Waals surface area contributed by atoms with Gasteiger partial charge in [0.2, 0.25) is 5.91 Å². The molecule has 3 N–H and O–H groups in total. The molecule has 1 saturated carbocycles. The lowest BCUT2D eigenvalue weighted by molar-refractivity contribution is -0.143. The van der Waals surface area contributed by atoms with Gasteiger partial charge in [0.25, 0.3) is 0 Å². The van der Waals surface area contributed by atoms with E-state index < -0.39 is 41.4 Å². The number of pyridine rings is 1. The van der Waals surface area contributed by atoms with E-state index in [2.05, 4.69) is 20.7 Å². The summed E-state index contributed by atoms with van der Waals surface area (Å²) in [5.74, 6) is -1.84. The Morgan fingerprint density at radius 2 is 2.00 bits per heavy atom. The summed E-state index contributed by atoms with van der Waals surface area (Å²) in [6, 6.07) is 3.67. The molecule has 2 aliphatic rings. The van der Waals surface area contributed by atoms with E-state index in [1.807, 2.05) is 12.2 Å². The van der Waals surface area contributed by atoms with E-state index in [4.69, 9.17) is 21.1 Å². The highest BCUT2D eigenvalue weighted by Crippen LogP contribution is 2.45. The van der Waals surface area contributed by atoms with Gasteiger partial charge in [0, 0.05) is 43.6 Å². The first kappa shape index (κ1) is 32.9. The lowest BCUT2D eigenvalue weighted by Gasteiger charge is -2.25. The standard InChI is InChI=1S/C30H32ClF3N6O6/c1-39-12-6-4-3-5-7-17-16-29(17,27(42)43)37-26(41)19(35-28(39)44)11-14-46-21-15-23(40-13-10-22(38-40)30(32,33)34)36-25-18(21)8-9-20(45-2)24(25)31/h5,7-10,13,15,17,19H,3-4,6,11-12,14,16H2,1-2H3,(H,35,44)(H,37,41)(H,42,43)/t17-,19+,29-/m1/s1. The molecule has 0 unspecified atom stereocenters. The number of aliphatic carboxylic acids is 1. The number of carboxylic acid groups (broad SMARTS) is 1. The van der Waals surface area contributed by atoms with Crippen LogP contribution in [0.5, 0.6) is 11.5 Å². The van der Waals surface area contributed by atoms with Crippen molar-refractivity contribution in [1.82, 2.24) is 30.3 Å². The SMILES string of the molecule is COc1ccc2c(OCC[C@@H]3NC(=O)N(C)CCCCC=C[C@@H]4C[C@@]4(C(=O)O)NC3=O)cc(-n3ccc(C(F)(F)F)n3)nc2c1Cl. The first-order valence-corrected chi connectivity index (χ1v) is 14.9. The van der Waals surface area contributed by atoms with Crippen LogP contribution < -0.4 is 20.1 Å². The van der Waals surface area contributed by atoms with E-state index in [0.29, 0.717) is 18.4 Å². The fraction of sp³-hybridized carbons (Fsp3) is 0.433. The number of fused-ring (bicyclic) bond motifs is 2. The number of urea groups is 1. The van der Waals surface area contributed by atoms with Gasteiger partial charge in [0.15, 0.2) is 11.5 Å². The number of carbonyl (C=O) groups is 3. The Morgan fingerprint density at radius 1 is 1.22 bits per heavy atom. The molecule has 0 radical (unpaired) electrons. The third-order valence-electron chi connectivity index (χ3n) is 8.02. The van der Waals surface area contributed by atoms with Crippen LogP contribution in [-0.4, -0.2) is 81.6 Å². The Bertz CT molecular complexity index is 1680. The number of carbonyl (C=O) groups excluding carboxylic acids is 2. The van der Waals surface area contributed by atoms with Crippen LogP contribution in [0.3, 0.4) is 0 Å². The average molecular weight is 665 g/mol. The largest absolute Gasteiger partial charge is 0.495 e. The minimum atomic E-state index is -4.68. The summed E-state index contributed by atoms with van der Waals surface area (Å²) >= 11 is 6.51. The summed E-state index contributed by atoms with van der Waals surface area (Å²) in [4.78, 5) is 44.4. The Balaban J connectivity index is 1.42. The summed E-state index contributed by atoms with van der Waals surface area (Å²) in [6.07, 6.45) is 2.52. The summed E-state index contributed by atoms with van der Waals surface area (Å²) in [6.45, 7) is 0.285. The fourth-order valence-corrected chi connectivity index (χ4v) is 5.54. The van der Waals surface area contributed by atoms with E-state index in [1.54, 1.807) is 19.2 Å². The van der Waals surface area contributed by atoms with Gasteiger partial charge in [-0.05, 0) is 43.9 Å². The van der Waals surface area contributed by atoms with Crippen molar-refractivity contribution >= 4 is 40.4 Å². The lowest BCUT2D eigenvalue weighted by atomic mass is 10.1. The third-order valence-corrected chi connectivity index (χ3v) is 8.38. The second-order valence-electron chi connectivity index (χ2n) is 11.2. The van der Waals surface area contributed by atoms with Crippen LogP contribution in [0.1, 0.15) is 37.8 Å². The Morgan fingerprint density at radius 3 is 2.70 bits per heavy atom. The monoisotopic (exact) mass is 664 g/mol. The fourth-order valence-electron chi connectivity index (χ4n) is 5.25. The van der Waals surface area contributed by atoms with Crippen molar-refractivity contribution in [3.8, 4) is 17.3 Å². The van der Waals surface area contributed by atoms with Crippen molar-refractivity contribution < 1.29 is 42.1 Å². The van der Waals surface area contributed by atoms with Gasteiger partial charge in [-0.1, -0.05) is 23.8 Å². The zero-order chi connectivity index (χ0) is 33.2. The highest BCUT2D eigenvalue weighted by molar-refractivity contribution is 6.36. The number of alkyl halides is 3. The zero-order valence-corrected chi connectivity index (χ0v) is 25.7. The van der Waals surface area contributed by atoms with Crippen LogP contribution in [-0.2, 0) is 15.8 Å². The van der Waals surface area contributed by atoms with Crippen LogP contribution >= 0.6 is 11.6 Å². The van der Waals surface area contributed by atoms with E-state index in [9.17, 15) is 32.7 Å². The number of amides is 3. The number of hydrogen-bond acceptors (Lipinski definition) is 7. The van der Waals surface area contributed by atoms with E-state index >= 15 is 0 Å². The number of halogens is 4. The highest BCUT2D eigenvalue weighted by Gasteiger charge is 2.60. The van der Waals surface area contributed by atoms with Gasteiger partial charge in [-0.15, -0.1) is 0 Å². The molecule has 5 rings (SSSR count). The van der Waals surface area contributed by atoms with Crippen LogP contribution in [0.2, 0.25) is 5.02 Å². The molecule has 3 amide bonds. The van der Waals surface area contributed by atoms with Crippen molar-refractivity contribution in [2.45, 2.75) is 49.9 Å². The molecule has 3 atom stereocenters. The topological polar surface area (TPSA) is 148 Å². The number of ether oxygens (including phenoxy) is 2. The quantitative estimate of drug-likeness (QED) is 0.311. The maximum atomic E-state index is 13.4. The number of benzene rings is 1. The number of nitrogens with one attached hydrogen (secondary N) is 2. The van der Waals surface area contributed by atoms with Crippen molar-refractivity contribution in [2.24, 2.45) is 5.92 Å². The molecule has 0 saturated heterocycles. The molecule has 2 aromatic heterocycles. The van der Waals surface area contributed by atoms with Gasteiger partial charge in [0.05, 0.1) is 19.2 Å². The molecule has 3 aromatic rings. The predicted molar refractivity (Wildman–Crippen MR) is 160 cm³/mol. The minimum absolute atomic E-state index is 0.0324. The lowest BCUT2D eigenvalue weighted by Crippen LogP contribution is -2.55. The summed E-state index contributed by atoms with van der Waals surface area (Å²) < 4.78 is 52.0. The minimum Gasteiger partial charge on any atom is -0.495 e. The molecule has 46 heavy (non-hydrogen) atoms. The average Bonchev–Trinajstić information content (AvgIpc) is 3.45. The maximum Gasteiger partial charge on any atom is 0.435 e. The molecule has 0 spiro atoms.